The summed E-state index contributed by atoms with van der Waals surface area (Å²) < 4.78 is 2.49. The van der Waals surface area contributed by atoms with Gasteiger partial charge in [0.1, 0.15) is 0 Å². The van der Waals surface area contributed by atoms with E-state index in [9.17, 15) is 0 Å². The van der Waals surface area contributed by atoms with Crippen molar-refractivity contribution in [2.75, 3.05) is 0 Å². The number of benzene rings is 1. The van der Waals surface area contributed by atoms with Crippen molar-refractivity contribution < 1.29 is 0 Å². The molecule has 3 unspecified atom stereocenters. The molecule has 3 rings (SSSR count). The summed E-state index contributed by atoms with van der Waals surface area (Å²) in [6, 6.07) is 13.7. The number of nitrogens with zero attached hydrogens (tertiary/aromatic N) is 1. The second kappa shape index (κ2) is 6.09. The van der Waals surface area contributed by atoms with E-state index in [0.717, 1.165) is 17.8 Å². The number of hydrogen-bond acceptors (Lipinski definition) is 0. The molecule has 2 aromatic rings. The number of rotatable bonds is 3. The minimum absolute atomic E-state index is 0.672. The molecule has 0 spiro atoms. The molecule has 1 heterocycles. The third-order valence-corrected chi connectivity index (χ3v) is 5.19. The average molecular weight is 281 g/mol. The summed E-state index contributed by atoms with van der Waals surface area (Å²) in [5, 5.41) is 0. The van der Waals surface area contributed by atoms with Crippen molar-refractivity contribution in [3.05, 3.63) is 48.8 Å². The lowest BCUT2D eigenvalue weighted by atomic mass is 9.74. The molecule has 1 nitrogen and oxygen atoms in total. The van der Waals surface area contributed by atoms with Gasteiger partial charge in [0.2, 0.25) is 0 Å². The van der Waals surface area contributed by atoms with Crippen LogP contribution in [0.5, 0.6) is 0 Å². The highest BCUT2D eigenvalue weighted by atomic mass is 15.0. The molecule has 112 valence electrons. The van der Waals surface area contributed by atoms with Crippen molar-refractivity contribution >= 4 is 0 Å². The molecule has 0 amide bonds. The van der Waals surface area contributed by atoms with E-state index >= 15 is 0 Å². The van der Waals surface area contributed by atoms with Crippen molar-refractivity contribution in [3.8, 4) is 11.1 Å². The zero-order valence-electron chi connectivity index (χ0n) is 13.5. The third-order valence-electron chi connectivity index (χ3n) is 5.19. The van der Waals surface area contributed by atoms with E-state index in [1.165, 1.54) is 30.4 Å². The quantitative estimate of drug-likeness (QED) is 0.671. The summed E-state index contributed by atoms with van der Waals surface area (Å²) in [5.41, 5.74) is 2.66. The molecule has 0 saturated heterocycles. The van der Waals surface area contributed by atoms with Gasteiger partial charge in [-0.05, 0) is 47.8 Å². The number of hydrogen-bond donors (Lipinski definition) is 0. The Balaban J connectivity index is 1.87. The van der Waals surface area contributed by atoms with Crippen LogP contribution in [0.1, 0.15) is 46.1 Å². The Hall–Kier alpha value is -1.50. The third kappa shape index (κ3) is 3.07. The van der Waals surface area contributed by atoms with E-state index in [0.29, 0.717) is 6.04 Å². The van der Waals surface area contributed by atoms with Crippen LogP contribution in [-0.4, -0.2) is 4.57 Å². The molecule has 0 N–H and O–H groups in total. The van der Waals surface area contributed by atoms with Gasteiger partial charge in [0, 0.05) is 18.4 Å². The fourth-order valence-corrected chi connectivity index (χ4v) is 3.92. The van der Waals surface area contributed by atoms with E-state index < -0.39 is 0 Å². The second-order valence-electron chi connectivity index (χ2n) is 7.11. The lowest BCUT2D eigenvalue weighted by Gasteiger charge is -2.38. The minimum Gasteiger partial charge on any atom is -0.350 e. The van der Waals surface area contributed by atoms with Crippen molar-refractivity contribution in [1.29, 1.82) is 0 Å². The van der Waals surface area contributed by atoms with Gasteiger partial charge in [0.15, 0.2) is 0 Å². The molecular formula is C20H27N. The zero-order chi connectivity index (χ0) is 14.8. The molecule has 1 aromatic heterocycles. The van der Waals surface area contributed by atoms with Crippen LogP contribution in [0.4, 0.5) is 0 Å². The van der Waals surface area contributed by atoms with Crippen molar-refractivity contribution in [2.24, 2.45) is 17.8 Å². The zero-order valence-corrected chi connectivity index (χ0v) is 13.5. The highest BCUT2D eigenvalue weighted by Crippen LogP contribution is 2.41. The van der Waals surface area contributed by atoms with E-state index in [1.807, 2.05) is 0 Å². The molecule has 3 atom stereocenters. The smallest absolute Gasteiger partial charge is 0.0364 e. The predicted octanol–water partition coefficient (Wildman–Crippen LogP) is 5.79. The molecule has 0 aliphatic heterocycles. The first kappa shape index (κ1) is 14.4. The summed E-state index contributed by atoms with van der Waals surface area (Å²) in [6.45, 7) is 7.18. The molecule has 1 fully saturated rings. The Morgan fingerprint density at radius 3 is 2.48 bits per heavy atom. The van der Waals surface area contributed by atoms with Gasteiger partial charge in [-0.25, -0.2) is 0 Å². The standard InChI is InChI=1S/C20H27N/c1-15(2)19-10-9-16(3)13-20(19)21-12-11-18(14-21)17-7-5-4-6-8-17/h4-8,11-12,14-16,19-20H,9-10,13H2,1-3H3. The normalized spacial score (nSPS) is 26.2. The fourth-order valence-electron chi connectivity index (χ4n) is 3.92. The SMILES string of the molecule is CC1CCC(C(C)C)C(n2ccc(-c3ccccc3)c2)C1. The van der Waals surface area contributed by atoms with Crippen LogP contribution in [0.2, 0.25) is 0 Å². The van der Waals surface area contributed by atoms with Crippen LogP contribution in [0.3, 0.4) is 0 Å². The van der Waals surface area contributed by atoms with Crippen molar-refractivity contribution in [1.82, 2.24) is 4.57 Å². The van der Waals surface area contributed by atoms with Gasteiger partial charge in [0.05, 0.1) is 0 Å². The molecule has 1 heteroatoms. The van der Waals surface area contributed by atoms with E-state index in [4.69, 9.17) is 0 Å². The van der Waals surface area contributed by atoms with Gasteiger partial charge in [-0.2, -0.15) is 0 Å². The largest absolute Gasteiger partial charge is 0.350 e. The molecule has 1 aliphatic carbocycles. The van der Waals surface area contributed by atoms with Crippen LogP contribution in [0, 0.1) is 17.8 Å². The van der Waals surface area contributed by atoms with Gasteiger partial charge < -0.3 is 4.57 Å². The van der Waals surface area contributed by atoms with Gasteiger partial charge in [0.25, 0.3) is 0 Å². The van der Waals surface area contributed by atoms with Crippen LogP contribution >= 0.6 is 0 Å². The van der Waals surface area contributed by atoms with Crippen LogP contribution in [0.15, 0.2) is 48.8 Å². The fraction of sp³-hybridized carbons (Fsp3) is 0.500. The summed E-state index contributed by atoms with van der Waals surface area (Å²) >= 11 is 0. The maximum atomic E-state index is 2.49. The highest BCUT2D eigenvalue weighted by Gasteiger charge is 2.31. The van der Waals surface area contributed by atoms with E-state index in [2.05, 4.69) is 74.1 Å². The van der Waals surface area contributed by atoms with E-state index in [1.54, 1.807) is 0 Å². The van der Waals surface area contributed by atoms with Gasteiger partial charge >= 0.3 is 0 Å². The molecule has 0 radical (unpaired) electrons. The molecule has 21 heavy (non-hydrogen) atoms. The Morgan fingerprint density at radius 1 is 1.00 bits per heavy atom. The predicted molar refractivity (Wildman–Crippen MR) is 90.2 cm³/mol. The summed E-state index contributed by atoms with van der Waals surface area (Å²) in [7, 11) is 0. The summed E-state index contributed by atoms with van der Waals surface area (Å²) in [4.78, 5) is 0. The summed E-state index contributed by atoms with van der Waals surface area (Å²) in [6.07, 6.45) is 8.74. The van der Waals surface area contributed by atoms with Crippen LogP contribution in [-0.2, 0) is 0 Å². The maximum absolute atomic E-state index is 2.49. The van der Waals surface area contributed by atoms with Crippen LogP contribution in [0.25, 0.3) is 11.1 Å². The Bertz CT molecular complexity index is 567. The Labute approximate surface area is 129 Å². The summed E-state index contributed by atoms with van der Waals surface area (Å²) in [5.74, 6) is 2.44. The molecule has 1 aliphatic rings. The van der Waals surface area contributed by atoms with Gasteiger partial charge in [-0.3, -0.25) is 0 Å². The highest BCUT2D eigenvalue weighted by molar-refractivity contribution is 5.62. The topological polar surface area (TPSA) is 4.93 Å². The first-order valence-corrected chi connectivity index (χ1v) is 8.38. The average Bonchev–Trinajstić information content (AvgIpc) is 2.97. The first-order valence-electron chi connectivity index (χ1n) is 8.38. The lowest BCUT2D eigenvalue weighted by molar-refractivity contribution is 0.150. The molecule has 0 bridgehead atoms. The number of aromatic nitrogens is 1. The minimum atomic E-state index is 0.672. The molecular weight excluding hydrogens is 254 g/mol. The van der Waals surface area contributed by atoms with Crippen molar-refractivity contribution in [2.45, 2.75) is 46.1 Å². The molecule has 1 aromatic carbocycles. The Morgan fingerprint density at radius 2 is 1.76 bits per heavy atom. The van der Waals surface area contributed by atoms with Crippen molar-refractivity contribution in [3.63, 3.8) is 0 Å². The lowest BCUT2D eigenvalue weighted by Crippen LogP contribution is -2.29. The maximum Gasteiger partial charge on any atom is 0.0364 e. The first-order chi connectivity index (χ1) is 10.1. The van der Waals surface area contributed by atoms with Gasteiger partial charge in [-0.1, -0.05) is 57.5 Å². The van der Waals surface area contributed by atoms with Crippen LogP contribution < -0.4 is 0 Å². The molecule has 1 saturated carbocycles. The second-order valence-corrected chi connectivity index (χ2v) is 7.11. The van der Waals surface area contributed by atoms with E-state index in [-0.39, 0.29) is 0 Å². The Kier molecular flexibility index (Phi) is 4.19. The monoisotopic (exact) mass is 281 g/mol. The van der Waals surface area contributed by atoms with Gasteiger partial charge in [-0.15, -0.1) is 0 Å².